The summed E-state index contributed by atoms with van der Waals surface area (Å²) in [5.74, 6) is 0.215. The normalized spacial score (nSPS) is 21.9. The summed E-state index contributed by atoms with van der Waals surface area (Å²) in [6.07, 6.45) is 8.01. The van der Waals surface area contributed by atoms with Crippen LogP contribution >= 0.6 is 11.6 Å². The van der Waals surface area contributed by atoms with E-state index < -0.39 is 0 Å². The molecular formula is C15H21ClN2O2. The van der Waals surface area contributed by atoms with Crippen LogP contribution in [0.25, 0.3) is 0 Å². The summed E-state index contributed by atoms with van der Waals surface area (Å²) in [5, 5.41) is 0.258. The van der Waals surface area contributed by atoms with E-state index in [0.717, 1.165) is 51.4 Å². The Bertz CT molecular complexity index is 616. The van der Waals surface area contributed by atoms with E-state index in [-0.39, 0.29) is 27.9 Å². The average Bonchev–Trinajstić information content (AvgIpc) is 2.85. The molecule has 0 aliphatic heterocycles. The standard InChI is InChI=1S/C15H21ClN2O2/c1-2-15(8-5-9-15)18-13(19)11(10-6-3-4-7-10)12(16)17-14(18)20/h10H,2-9H2,1H3,(H,17,20). The van der Waals surface area contributed by atoms with Gasteiger partial charge in [-0.15, -0.1) is 0 Å². The molecule has 20 heavy (non-hydrogen) atoms. The third-order valence-corrected chi connectivity index (χ3v) is 5.57. The van der Waals surface area contributed by atoms with Gasteiger partial charge in [0.15, 0.2) is 0 Å². The Morgan fingerprint density at radius 2 is 1.90 bits per heavy atom. The van der Waals surface area contributed by atoms with E-state index in [2.05, 4.69) is 11.9 Å². The lowest BCUT2D eigenvalue weighted by Gasteiger charge is -2.42. The van der Waals surface area contributed by atoms with Gasteiger partial charge in [-0.3, -0.25) is 14.3 Å². The van der Waals surface area contributed by atoms with E-state index in [0.29, 0.717) is 5.56 Å². The van der Waals surface area contributed by atoms with Crippen LogP contribution < -0.4 is 11.2 Å². The van der Waals surface area contributed by atoms with Crippen LogP contribution in [0.5, 0.6) is 0 Å². The van der Waals surface area contributed by atoms with Crippen LogP contribution in [-0.2, 0) is 5.54 Å². The van der Waals surface area contributed by atoms with Gasteiger partial charge in [0.05, 0.1) is 11.1 Å². The van der Waals surface area contributed by atoms with Crippen LogP contribution in [0.15, 0.2) is 9.59 Å². The van der Waals surface area contributed by atoms with Gasteiger partial charge in [-0.1, -0.05) is 31.4 Å². The van der Waals surface area contributed by atoms with Gasteiger partial charge in [-0.2, -0.15) is 0 Å². The van der Waals surface area contributed by atoms with Crippen molar-refractivity contribution in [1.82, 2.24) is 9.55 Å². The Kier molecular flexibility index (Phi) is 3.53. The van der Waals surface area contributed by atoms with Crippen molar-refractivity contribution in [3.8, 4) is 0 Å². The summed E-state index contributed by atoms with van der Waals surface area (Å²) in [5.41, 5.74) is -0.123. The van der Waals surface area contributed by atoms with Crippen LogP contribution in [0.3, 0.4) is 0 Å². The second-order valence-corrected chi connectivity index (χ2v) is 6.59. The summed E-state index contributed by atoms with van der Waals surface area (Å²) < 4.78 is 1.47. The third kappa shape index (κ3) is 1.96. The molecule has 2 aliphatic rings. The van der Waals surface area contributed by atoms with E-state index in [1.54, 1.807) is 0 Å². The topological polar surface area (TPSA) is 54.9 Å². The fraction of sp³-hybridized carbons (Fsp3) is 0.733. The maximum atomic E-state index is 12.9. The van der Waals surface area contributed by atoms with E-state index >= 15 is 0 Å². The number of hydrogen-bond acceptors (Lipinski definition) is 2. The minimum atomic E-state index is -0.344. The number of H-pyrrole nitrogens is 1. The van der Waals surface area contributed by atoms with Crippen molar-refractivity contribution in [2.45, 2.75) is 69.7 Å². The van der Waals surface area contributed by atoms with Gasteiger partial charge in [0.25, 0.3) is 5.56 Å². The van der Waals surface area contributed by atoms with Gasteiger partial charge in [-0.05, 0) is 44.4 Å². The second kappa shape index (κ2) is 5.06. The molecule has 0 unspecified atom stereocenters. The van der Waals surface area contributed by atoms with Gasteiger partial charge >= 0.3 is 5.69 Å². The third-order valence-electron chi connectivity index (χ3n) is 5.27. The molecular weight excluding hydrogens is 276 g/mol. The molecule has 3 rings (SSSR count). The van der Waals surface area contributed by atoms with Gasteiger partial charge in [0.2, 0.25) is 0 Å². The molecule has 0 bridgehead atoms. The van der Waals surface area contributed by atoms with Gasteiger partial charge in [-0.25, -0.2) is 4.79 Å². The number of rotatable bonds is 3. The Balaban J connectivity index is 2.18. The Hall–Kier alpha value is -1.03. The van der Waals surface area contributed by atoms with Gasteiger partial charge < -0.3 is 0 Å². The highest BCUT2D eigenvalue weighted by Gasteiger charge is 2.40. The number of halogens is 1. The van der Waals surface area contributed by atoms with E-state index in [1.165, 1.54) is 4.57 Å². The molecule has 1 heterocycles. The Morgan fingerprint density at radius 3 is 2.40 bits per heavy atom. The minimum Gasteiger partial charge on any atom is -0.297 e. The lowest BCUT2D eigenvalue weighted by atomic mass is 9.74. The zero-order valence-corrected chi connectivity index (χ0v) is 12.6. The predicted molar refractivity (Wildman–Crippen MR) is 79.7 cm³/mol. The SMILES string of the molecule is CCC1(n2c(=O)[nH]c(Cl)c(C3CCCC3)c2=O)CCC1. The molecule has 5 heteroatoms. The second-order valence-electron chi connectivity index (χ2n) is 6.21. The number of aromatic amines is 1. The molecule has 2 saturated carbocycles. The molecule has 0 aromatic carbocycles. The summed E-state index contributed by atoms with van der Waals surface area (Å²) in [6.45, 7) is 2.05. The monoisotopic (exact) mass is 296 g/mol. The van der Waals surface area contributed by atoms with Crippen molar-refractivity contribution >= 4 is 11.6 Å². The number of nitrogens with one attached hydrogen (secondary N) is 1. The molecule has 1 N–H and O–H groups in total. The fourth-order valence-electron chi connectivity index (χ4n) is 3.84. The average molecular weight is 297 g/mol. The van der Waals surface area contributed by atoms with Crippen LogP contribution in [0, 0.1) is 0 Å². The number of nitrogens with zero attached hydrogens (tertiary/aromatic N) is 1. The first-order valence-corrected chi connectivity index (χ1v) is 8.02. The molecule has 0 amide bonds. The van der Waals surface area contributed by atoms with Crippen molar-refractivity contribution < 1.29 is 0 Å². The van der Waals surface area contributed by atoms with Crippen molar-refractivity contribution in [2.75, 3.05) is 0 Å². The highest BCUT2D eigenvalue weighted by molar-refractivity contribution is 6.30. The lowest BCUT2D eigenvalue weighted by molar-refractivity contribution is 0.124. The predicted octanol–water partition coefficient (Wildman–Crippen LogP) is 3.14. The first-order chi connectivity index (χ1) is 9.59. The highest BCUT2D eigenvalue weighted by Crippen LogP contribution is 2.41. The fourth-order valence-corrected chi connectivity index (χ4v) is 4.16. The minimum absolute atomic E-state index is 0.146. The molecule has 0 saturated heterocycles. The van der Waals surface area contributed by atoms with E-state index in [4.69, 9.17) is 11.6 Å². The molecule has 110 valence electrons. The maximum Gasteiger partial charge on any atom is 0.330 e. The first kappa shape index (κ1) is 13.9. The number of hydrogen-bond donors (Lipinski definition) is 1. The van der Waals surface area contributed by atoms with Crippen molar-refractivity contribution in [3.05, 3.63) is 31.6 Å². The van der Waals surface area contributed by atoms with Crippen LogP contribution in [0.2, 0.25) is 5.15 Å². The molecule has 2 aliphatic carbocycles. The van der Waals surface area contributed by atoms with Crippen LogP contribution in [-0.4, -0.2) is 9.55 Å². The quantitative estimate of drug-likeness (QED) is 0.871. The van der Waals surface area contributed by atoms with Crippen molar-refractivity contribution in [1.29, 1.82) is 0 Å². The maximum absolute atomic E-state index is 12.9. The zero-order valence-electron chi connectivity index (χ0n) is 11.9. The Labute approximate surface area is 123 Å². The molecule has 0 spiro atoms. The highest BCUT2D eigenvalue weighted by atomic mass is 35.5. The summed E-state index contributed by atoms with van der Waals surface area (Å²) in [7, 11) is 0. The molecule has 1 aromatic rings. The van der Waals surface area contributed by atoms with E-state index in [1.807, 2.05) is 0 Å². The molecule has 1 aromatic heterocycles. The van der Waals surface area contributed by atoms with Crippen LogP contribution in [0.4, 0.5) is 0 Å². The lowest BCUT2D eigenvalue weighted by Crippen LogP contribution is -2.54. The summed E-state index contributed by atoms with van der Waals surface area (Å²) in [4.78, 5) is 27.8. The van der Waals surface area contributed by atoms with Crippen molar-refractivity contribution in [3.63, 3.8) is 0 Å². The molecule has 2 fully saturated rings. The van der Waals surface area contributed by atoms with Gasteiger partial charge in [0, 0.05) is 0 Å². The molecule has 4 nitrogen and oxygen atoms in total. The van der Waals surface area contributed by atoms with Crippen LogP contribution in [0.1, 0.15) is 69.8 Å². The Morgan fingerprint density at radius 1 is 1.25 bits per heavy atom. The first-order valence-electron chi connectivity index (χ1n) is 7.64. The van der Waals surface area contributed by atoms with Crippen molar-refractivity contribution in [2.24, 2.45) is 0 Å². The van der Waals surface area contributed by atoms with Gasteiger partial charge in [0.1, 0.15) is 5.15 Å². The smallest absolute Gasteiger partial charge is 0.297 e. The summed E-state index contributed by atoms with van der Waals surface area (Å²) in [6, 6.07) is 0. The summed E-state index contributed by atoms with van der Waals surface area (Å²) >= 11 is 6.17. The largest absolute Gasteiger partial charge is 0.330 e. The molecule has 0 radical (unpaired) electrons. The number of aromatic nitrogens is 2. The zero-order chi connectivity index (χ0) is 14.3. The van der Waals surface area contributed by atoms with E-state index in [9.17, 15) is 9.59 Å². The molecule has 0 atom stereocenters.